The van der Waals surface area contributed by atoms with Crippen molar-refractivity contribution >= 4 is 0 Å². The van der Waals surface area contributed by atoms with Crippen molar-refractivity contribution in [2.45, 2.75) is 91.9 Å². The van der Waals surface area contributed by atoms with Crippen molar-refractivity contribution < 1.29 is 5.11 Å². The molecule has 0 saturated heterocycles. The first-order valence-electron chi connectivity index (χ1n) is 8.38. The van der Waals surface area contributed by atoms with Gasteiger partial charge in [-0.05, 0) is 28.0 Å². The van der Waals surface area contributed by atoms with Gasteiger partial charge in [0.05, 0.1) is 0 Å². The summed E-state index contributed by atoms with van der Waals surface area (Å²) < 4.78 is 0. The van der Waals surface area contributed by atoms with Crippen LogP contribution >= 0.6 is 0 Å². The fourth-order valence-corrected chi connectivity index (χ4v) is 2.10. The number of phenolic OH excluding ortho intramolecular Hbond substituents is 1. The number of aromatic hydroxyl groups is 1. The van der Waals surface area contributed by atoms with Gasteiger partial charge in [-0.1, -0.05) is 93.2 Å². The molecule has 0 atom stereocenters. The number of rotatable bonds is 3. The van der Waals surface area contributed by atoms with Crippen molar-refractivity contribution in [1.29, 1.82) is 0 Å². The molecule has 0 aromatic heterocycles. The van der Waals surface area contributed by atoms with E-state index < -0.39 is 0 Å². The maximum Gasteiger partial charge on any atom is 0.119 e. The van der Waals surface area contributed by atoms with E-state index in [1.807, 2.05) is 6.07 Å². The van der Waals surface area contributed by atoms with E-state index in [0.717, 1.165) is 5.56 Å². The summed E-state index contributed by atoms with van der Waals surface area (Å²) >= 11 is 0. The molecule has 21 heavy (non-hydrogen) atoms. The van der Waals surface area contributed by atoms with Crippen molar-refractivity contribution in [1.82, 2.24) is 0 Å². The van der Waals surface area contributed by atoms with Crippen LogP contribution in [-0.2, 0) is 10.8 Å². The summed E-state index contributed by atoms with van der Waals surface area (Å²) in [6, 6.07) is 5.93. The third kappa shape index (κ3) is 7.55. The van der Waals surface area contributed by atoms with E-state index in [9.17, 15) is 5.11 Å². The lowest BCUT2D eigenvalue weighted by Gasteiger charge is -2.25. The minimum absolute atomic E-state index is 0.00859. The van der Waals surface area contributed by atoms with Gasteiger partial charge < -0.3 is 5.11 Å². The Kier molecular flexibility index (Phi) is 8.06. The summed E-state index contributed by atoms with van der Waals surface area (Å²) in [6.07, 6.45) is 5.54. The van der Waals surface area contributed by atoms with Crippen LogP contribution < -0.4 is 0 Å². The highest BCUT2D eigenvalue weighted by Crippen LogP contribution is 2.34. The summed E-state index contributed by atoms with van der Waals surface area (Å²) in [6.45, 7) is 17.4. The fourth-order valence-electron chi connectivity index (χ4n) is 2.10. The summed E-state index contributed by atoms with van der Waals surface area (Å²) in [5.74, 6) is 0.399. The van der Waals surface area contributed by atoms with Gasteiger partial charge in [0.2, 0.25) is 0 Å². The second kappa shape index (κ2) is 8.46. The van der Waals surface area contributed by atoms with Gasteiger partial charge in [0.1, 0.15) is 5.75 Å². The van der Waals surface area contributed by atoms with Crippen LogP contribution in [0.1, 0.15) is 92.2 Å². The molecule has 1 heteroatoms. The topological polar surface area (TPSA) is 20.2 Å². The SMILES string of the molecule is CC(C)(C)c1ccc(O)c(C(C)(C)C)c1.CCCCCC. The molecule has 0 aliphatic carbocycles. The largest absolute Gasteiger partial charge is 0.508 e. The van der Waals surface area contributed by atoms with Crippen LogP contribution in [0.5, 0.6) is 5.75 Å². The molecule has 0 aliphatic rings. The third-order valence-electron chi connectivity index (χ3n) is 3.63. The van der Waals surface area contributed by atoms with Gasteiger partial charge in [-0.2, -0.15) is 0 Å². The van der Waals surface area contributed by atoms with Crippen molar-refractivity contribution in [3.05, 3.63) is 29.3 Å². The Labute approximate surface area is 132 Å². The molecule has 1 aromatic rings. The molecule has 0 amide bonds. The maximum atomic E-state index is 9.84. The molecule has 122 valence electrons. The first-order valence-corrected chi connectivity index (χ1v) is 8.38. The van der Waals surface area contributed by atoms with Gasteiger partial charge in [-0.3, -0.25) is 0 Å². The van der Waals surface area contributed by atoms with Crippen LogP contribution in [0.4, 0.5) is 0 Å². The highest BCUT2D eigenvalue weighted by Gasteiger charge is 2.21. The predicted molar refractivity (Wildman–Crippen MR) is 95.3 cm³/mol. The smallest absolute Gasteiger partial charge is 0.119 e. The number of hydrogen-bond donors (Lipinski definition) is 1. The Hall–Kier alpha value is -0.980. The van der Waals surface area contributed by atoms with Gasteiger partial charge in [-0.15, -0.1) is 0 Å². The van der Waals surface area contributed by atoms with Gasteiger partial charge in [-0.25, -0.2) is 0 Å². The fraction of sp³-hybridized carbons (Fsp3) is 0.700. The van der Waals surface area contributed by atoms with E-state index in [1.165, 1.54) is 31.2 Å². The van der Waals surface area contributed by atoms with E-state index >= 15 is 0 Å². The first-order chi connectivity index (χ1) is 9.54. The van der Waals surface area contributed by atoms with Crippen molar-refractivity contribution in [3.63, 3.8) is 0 Å². The summed E-state index contributed by atoms with van der Waals surface area (Å²) in [5, 5.41) is 9.84. The number of unbranched alkanes of at least 4 members (excludes halogenated alkanes) is 3. The molecule has 0 radical (unpaired) electrons. The van der Waals surface area contributed by atoms with Gasteiger partial charge in [0, 0.05) is 0 Å². The lowest BCUT2D eigenvalue weighted by atomic mass is 9.80. The second-order valence-corrected chi connectivity index (χ2v) is 7.94. The molecule has 1 aromatic carbocycles. The highest BCUT2D eigenvalue weighted by atomic mass is 16.3. The zero-order chi connectivity index (χ0) is 16.7. The standard InChI is InChI=1S/C14H22O.C6H14/c1-13(2,3)10-7-8-12(15)11(9-10)14(4,5)6;1-3-5-6-4-2/h7-9,15H,1-6H3;3-6H2,1-2H3. The van der Waals surface area contributed by atoms with Crippen LogP contribution in [0.3, 0.4) is 0 Å². The van der Waals surface area contributed by atoms with Gasteiger partial charge in [0.15, 0.2) is 0 Å². The third-order valence-corrected chi connectivity index (χ3v) is 3.63. The van der Waals surface area contributed by atoms with Crippen LogP contribution in [0.2, 0.25) is 0 Å². The second-order valence-electron chi connectivity index (χ2n) is 7.94. The average Bonchev–Trinajstić information content (AvgIpc) is 2.34. The summed E-state index contributed by atoms with van der Waals surface area (Å²) in [7, 11) is 0. The minimum Gasteiger partial charge on any atom is -0.508 e. The molecular weight excluding hydrogens is 256 g/mol. The van der Waals surface area contributed by atoms with Crippen molar-refractivity contribution in [3.8, 4) is 5.75 Å². The summed E-state index contributed by atoms with van der Waals surface area (Å²) in [4.78, 5) is 0. The Balaban J connectivity index is 0.000000567. The number of phenols is 1. The van der Waals surface area contributed by atoms with Crippen LogP contribution in [0.15, 0.2) is 18.2 Å². The molecule has 0 saturated carbocycles. The average molecular weight is 293 g/mol. The van der Waals surface area contributed by atoms with E-state index in [0.29, 0.717) is 5.75 Å². The molecule has 1 N–H and O–H groups in total. The Morgan fingerprint density at radius 1 is 0.810 bits per heavy atom. The van der Waals surface area contributed by atoms with E-state index in [2.05, 4.69) is 61.5 Å². The number of benzene rings is 1. The van der Waals surface area contributed by atoms with E-state index in [4.69, 9.17) is 0 Å². The lowest BCUT2D eigenvalue weighted by molar-refractivity contribution is 0.444. The zero-order valence-electron chi connectivity index (χ0n) is 15.5. The molecule has 1 nitrogen and oxygen atoms in total. The van der Waals surface area contributed by atoms with E-state index in [-0.39, 0.29) is 10.8 Å². The zero-order valence-corrected chi connectivity index (χ0v) is 15.5. The molecule has 1 rings (SSSR count). The Morgan fingerprint density at radius 3 is 1.62 bits per heavy atom. The molecule has 0 bridgehead atoms. The maximum absolute atomic E-state index is 9.84. The quantitative estimate of drug-likeness (QED) is 0.624. The monoisotopic (exact) mass is 292 g/mol. The molecular formula is C20H36O. The van der Waals surface area contributed by atoms with Crippen LogP contribution in [0, 0.1) is 0 Å². The first kappa shape index (κ1) is 20.0. The molecule has 0 unspecified atom stereocenters. The number of hydrogen-bond acceptors (Lipinski definition) is 1. The van der Waals surface area contributed by atoms with Crippen molar-refractivity contribution in [2.75, 3.05) is 0 Å². The predicted octanol–water partition coefficient (Wildman–Crippen LogP) is 6.57. The highest BCUT2D eigenvalue weighted by molar-refractivity contribution is 5.42. The van der Waals surface area contributed by atoms with E-state index in [1.54, 1.807) is 6.07 Å². The summed E-state index contributed by atoms with van der Waals surface area (Å²) in [5.41, 5.74) is 2.42. The molecule has 0 fully saturated rings. The van der Waals surface area contributed by atoms with Crippen LogP contribution in [0.25, 0.3) is 0 Å². The minimum atomic E-state index is -0.00859. The van der Waals surface area contributed by atoms with Gasteiger partial charge in [0.25, 0.3) is 0 Å². The van der Waals surface area contributed by atoms with Crippen LogP contribution in [-0.4, -0.2) is 5.11 Å². The molecule has 0 spiro atoms. The lowest BCUT2D eigenvalue weighted by Crippen LogP contribution is -2.16. The molecule has 0 heterocycles. The van der Waals surface area contributed by atoms with Crippen molar-refractivity contribution in [2.24, 2.45) is 0 Å². The van der Waals surface area contributed by atoms with Gasteiger partial charge >= 0.3 is 0 Å². The normalized spacial score (nSPS) is 11.8. The molecule has 0 aliphatic heterocycles. The Morgan fingerprint density at radius 2 is 1.29 bits per heavy atom. The Bertz CT molecular complexity index is 401.